The Morgan fingerprint density at radius 1 is 1.33 bits per heavy atom. The van der Waals surface area contributed by atoms with Crippen LogP contribution in [0.15, 0.2) is 6.07 Å². The highest BCUT2D eigenvalue weighted by molar-refractivity contribution is 7.80. The van der Waals surface area contributed by atoms with Crippen LogP contribution in [0.4, 0.5) is 5.69 Å². The summed E-state index contributed by atoms with van der Waals surface area (Å²) in [6.07, 6.45) is 0. The summed E-state index contributed by atoms with van der Waals surface area (Å²) in [5.74, 6) is 0.558. The topological polar surface area (TPSA) is 42.1 Å². The third kappa shape index (κ3) is 2.99. The minimum Gasteiger partial charge on any atom is -0.389 e. The van der Waals surface area contributed by atoms with Crippen molar-refractivity contribution in [3.63, 3.8) is 0 Å². The van der Waals surface area contributed by atoms with Crippen LogP contribution < -0.4 is 10.6 Å². The van der Waals surface area contributed by atoms with E-state index in [0.717, 1.165) is 22.6 Å². The molecule has 3 nitrogen and oxygen atoms in total. The molecule has 0 aliphatic carbocycles. The lowest BCUT2D eigenvalue weighted by molar-refractivity contribution is 0.505. The van der Waals surface area contributed by atoms with Crippen LogP contribution in [0.5, 0.6) is 0 Å². The second-order valence-corrected chi connectivity index (χ2v) is 5.64. The highest BCUT2D eigenvalue weighted by Crippen LogP contribution is 2.26. The summed E-state index contributed by atoms with van der Waals surface area (Å²) in [5.41, 5.74) is 9.71. The Balaban J connectivity index is 3.34. The molecule has 0 amide bonds. The molecular weight excluding hydrogens is 242 g/mol. The van der Waals surface area contributed by atoms with Crippen molar-refractivity contribution in [1.29, 1.82) is 0 Å². The van der Waals surface area contributed by atoms with Crippen LogP contribution in [0, 0.1) is 19.8 Å². The molecule has 0 aliphatic rings. The Labute approximate surface area is 115 Å². The van der Waals surface area contributed by atoms with Gasteiger partial charge in [-0.15, -0.1) is 0 Å². The second kappa shape index (κ2) is 5.65. The smallest absolute Gasteiger partial charge is 0.107 e. The molecule has 1 rings (SSSR count). The zero-order valence-electron chi connectivity index (χ0n) is 12.1. The van der Waals surface area contributed by atoms with Crippen LogP contribution in [-0.4, -0.2) is 23.1 Å². The highest BCUT2D eigenvalue weighted by atomic mass is 32.1. The third-order valence-electron chi connectivity index (χ3n) is 3.51. The quantitative estimate of drug-likeness (QED) is 0.850. The van der Waals surface area contributed by atoms with Gasteiger partial charge in [-0.2, -0.15) is 0 Å². The molecule has 0 spiro atoms. The van der Waals surface area contributed by atoms with Gasteiger partial charge in [-0.3, -0.25) is 4.98 Å². The van der Waals surface area contributed by atoms with Gasteiger partial charge in [0.05, 0.1) is 11.3 Å². The predicted octanol–water partition coefficient (Wildman–Crippen LogP) is 2.81. The van der Waals surface area contributed by atoms with Crippen molar-refractivity contribution in [2.75, 3.05) is 11.9 Å². The fraction of sp³-hybridized carbons (Fsp3) is 0.571. The maximum Gasteiger partial charge on any atom is 0.107 e. The van der Waals surface area contributed by atoms with Gasteiger partial charge >= 0.3 is 0 Å². The lowest BCUT2D eigenvalue weighted by Crippen LogP contribution is -2.35. The number of thiocarbonyl (C=S) groups is 1. The fourth-order valence-corrected chi connectivity index (χ4v) is 2.31. The van der Waals surface area contributed by atoms with Gasteiger partial charge in [-0.05, 0) is 32.8 Å². The van der Waals surface area contributed by atoms with Gasteiger partial charge < -0.3 is 10.6 Å². The van der Waals surface area contributed by atoms with Crippen molar-refractivity contribution in [2.24, 2.45) is 11.7 Å². The Morgan fingerprint density at radius 3 is 2.33 bits per heavy atom. The zero-order valence-corrected chi connectivity index (χ0v) is 12.9. The molecule has 0 radical (unpaired) electrons. The minimum absolute atomic E-state index is 0.415. The lowest BCUT2D eigenvalue weighted by Gasteiger charge is -2.32. The van der Waals surface area contributed by atoms with E-state index in [-0.39, 0.29) is 0 Å². The molecule has 2 N–H and O–H groups in total. The van der Waals surface area contributed by atoms with E-state index in [1.54, 1.807) is 0 Å². The average molecular weight is 265 g/mol. The van der Waals surface area contributed by atoms with E-state index >= 15 is 0 Å². The molecule has 4 heteroatoms. The maximum atomic E-state index is 5.84. The van der Waals surface area contributed by atoms with E-state index in [2.05, 4.69) is 43.8 Å². The summed E-state index contributed by atoms with van der Waals surface area (Å²) in [5, 5.41) is 0. The molecule has 18 heavy (non-hydrogen) atoms. The van der Waals surface area contributed by atoms with Gasteiger partial charge in [0.2, 0.25) is 0 Å². The van der Waals surface area contributed by atoms with Gasteiger partial charge in [0.1, 0.15) is 4.99 Å². The van der Waals surface area contributed by atoms with Crippen molar-refractivity contribution in [3.8, 4) is 0 Å². The largest absolute Gasteiger partial charge is 0.389 e. The molecule has 0 bridgehead atoms. The predicted molar refractivity (Wildman–Crippen MR) is 82.3 cm³/mol. The van der Waals surface area contributed by atoms with Crippen LogP contribution in [-0.2, 0) is 0 Å². The summed E-state index contributed by atoms with van der Waals surface area (Å²) in [7, 11) is 2.08. The number of hydrogen-bond donors (Lipinski definition) is 1. The molecule has 0 aromatic carbocycles. The first-order chi connectivity index (χ1) is 8.25. The van der Waals surface area contributed by atoms with Crippen LogP contribution in [0.2, 0.25) is 0 Å². The third-order valence-corrected chi connectivity index (χ3v) is 3.71. The number of anilines is 1. The number of rotatable bonds is 4. The number of nitrogens with two attached hydrogens (primary N) is 1. The van der Waals surface area contributed by atoms with Crippen molar-refractivity contribution in [1.82, 2.24) is 4.98 Å². The fourth-order valence-electron chi connectivity index (χ4n) is 2.06. The monoisotopic (exact) mass is 265 g/mol. The Bertz CT molecular complexity index is 455. The van der Waals surface area contributed by atoms with Gasteiger partial charge in [-0.25, -0.2) is 0 Å². The molecule has 1 aromatic rings. The minimum atomic E-state index is 0.415. The Hall–Kier alpha value is -1.16. The number of pyridine rings is 1. The Kier molecular flexibility index (Phi) is 4.68. The van der Waals surface area contributed by atoms with E-state index in [9.17, 15) is 0 Å². The van der Waals surface area contributed by atoms with E-state index in [1.165, 1.54) is 0 Å². The van der Waals surface area contributed by atoms with Crippen molar-refractivity contribution >= 4 is 22.9 Å². The molecule has 0 saturated heterocycles. The van der Waals surface area contributed by atoms with Crippen LogP contribution in [0.3, 0.4) is 0 Å². The lowest BCUT2D eigenvalue weighted by atomic mass is 10.0. The summed E-state index contributed by atoms with van der Waals surface area (Å²) < 4.78 is 0. The van der Waals surface area contributed by atoms with Crippen LogP contribution >= 0.6 is 12.2 Å². The van der Waals surface area contributed by atoms with Crippen molar-refractivity contribution < 1.29 is 0 Å². The summed E-state index contributed by atoms with van der Waals surface area (Å²) >= 11 is 5.16. The SMILES string of the molecule is Cc1cc(N(C)C(C)C(C)C)c(C(N)=S)c(C)n1. The standard InChI is InChI=1S/C14H23N3S/c1-8(2)11(5)17(6)12-7-9(3)16-10(4)13(12)14(15)18/h7-8,11H,1-6H3,(H2,15,18). The molecule has 0 aliphatic heterocycles. The first kappa shape index (κ1) is 14.9. The molecule has 0 saturated carbocycles. The number of aromatic nitrogens is 1. The highest BCUT2D eigenvalue weighted by Gasteiger charge is 2.19. The van der Waals surface area contributed by atoms with Crippen LogP contribution in [0.1, 0.15) is 37.7 Å². The van der Waals surface area contributed by atoms with Crippen molar-refractivity contribution in [2.45, 2.75) is 40.7 Å². The zero-order chi connectivity index (χ0) is 14.0. The molecule has 1 atom stereocenters. The molecule has 0 fully saturated rings. The molecule has 1 aromatic heterocycles. The first-order valence-corrected chi connectivity index (χ1v) is 6.67. The second-order valence-electron chi connectivity index (χ2n) is 5.20. The van der Waals surface area contributed by atoms with Gasteiger partial charge in [-0.1, -0.05) is 26.1 Å². The molecule has 1 unspecified atom stereocenters. The summed E-state index contributed by atoms with van der Waals surface area (Å²) in [4.78, 5) is 7.10. The van der Waals surface area contributed by atoms with E-state index in [1.807, 2.05) is 13.8 Å². The normalized spacial score (nSPS) is 12.6. The summed E-state index contributed by atoms with van der Waals surface area (Å²) in [6, 6.07) is 2.47. The Morgan fingerprint density at radius 2 is 1.89 bits per heavy atom. The van der Waals surface area contributed by atoms with E-state index in [0.29, 0.717) is 16.9 Å². The van der Waals surface area contributed by atoms with Crippen molar-refractivity contribution in [3.05, 3.63) is 23.0 Å². The molecular formula is C14H23N3S. The first-order valence-electron chi connectivity index (χ1n) is 6.26. The van der Waals surface area contributed by atoms with Crippen LogP contribution in [0.25, 0.3) is 0 Å². The van der Waals surface area contributed by atoms with E-state index < -0.39 is 0 Å². The average Bonchev–Trinajstić information content (AvgIpc) is 2.24. The maximum absolute atomic E-state index is 5.84. The molecule has 1 heterocycles. The number of nitrogens with zero attached hydrogens (tertiary/aromatic N) is 2. The van der Waals surface area contributed by atoms with Gasteiger partial charge in [0.15, 0.2) is 0 Å². The van der Waals surface area contributed by atoms with E-state index in [4.69, 9.17) is 18.0 Å². The summed E-state index contributed by atoms with van der Waals surface area (Å²) in [6.45, 7) is 10.6. The van der Waals surface area contributed by atoms with Gasteiger partial charge in [0, 0.05) is 24.5 Å². The molecule has 100 valence electrons. The van der Waals surface area contributed by atoms with Gasteiger partial charge in [0.25, 0.3) is 0 Å². The number of aryl methyl sites for hydroxylation is 2. The number of hydrogen-bond acceptors (Lipinski definition) is 3.